The van der Waals surface area contributed by atoms with Gasteiger partial charge in [0.2, 0.25) is 6.79 Å². The lowest BCUT2D eigenvalue weighted by atomic mass is 10.2. The second-order valence-electron chi connectivity index (χ2n) is 4.67. The molecule has 1 aliphatic rings. The molecule has 7 nitrogen and oxygen atoms in total. The van der Waals surface area contributed by atoms with E-state index in [1.165, 1.54) is 6.07 Å². The van der Waals surface area contributed by atoms with Gasteiger partial charge in [0, 0.05) is 6.07 Å². The predicted molar refractivity (Wildman–Crippen MR) is 76.7 cm³/mol. The van der Waals surface area contributed by atoms with E-state index in [0.717, 1.165) is 4.68 Å². The Hall–Kier alpha value is -2.83. The molecule has 1 aromatic carbocycles. The molecule has 0 saturated heterocycles. The molecule has 22 heavy (non-hydrogen) atoms. The van der Waals surface area contributed by atoms with Crippen LogP contribution in [-0.2, 0) is 4.74 Å². The molecular formula is C15H14N2O5. The third kappa shape index (κ3) is 2.41. The van der Waals surface area contributed by atoms with E-state index in [2.05, 4.69) is 5.10 Å². The van der Waals surface area contributed by atoms with Crippen LogP contribution in [0.1, 0.15) is 23.0 Å². The molecule has 0 radical (unpaired) electrons. The Bertz CT molecular complexity index is 797. The minimum atomic E-state index is -0.660. The van der Waals surface area contributed by atoms with Crippen molar-refractivity contribution in [1.82, 2.24) is 9.78 Å². The van der Waals surface area contributed by atoms with Crippen LogP contribution >= 0.6 is 0 Å². The first-order chi connectivity index (χ1) is 10.6. The molecule has 0 aliphatic carbocycles. The average Bonchev–Trinajstić information content (AvgIpc) is 2.96. The van der Waals surface area contributed by atoms with Crippen LogP contribution < -0.4 is 15.0 Å². The summed E-state index contributed by atoms with van der Waals surface area (Å²) in [4.78, 5) is 24.3. The van der Waals surface area contributed by atoms with Crippen LogP contribution in [0.15, 0.2) is 29.1 Å². The number of rotatable bonds is 3. The Morgan fingerprint density at radius 3 is 2.86 bits per heavy atom. The molecule has 7 heteroatoms. The summed E-state index contributed by atoms with van der Waals surface area (Å²) in [5, 5.41) is 4.17. The summed E-state index contributed by atoms with van der Waals surface area (Å²) in [6.45, 7) is 3.72. The molecule has 2 heterocycles. The number of carbonyl (C=O) groups excluding carboxylic acids is 1. The molecule has 0 atom stereocenters. The molecule has 0 spiro atoms. The average molecular weight is 302 g/mol. The van der Waals surface area contributed by atoms with E-state index >= 15 is 0 Å². The standard InChI is InChI=1S/C15H14N2O5/c1-3-20-15(19)11-6-9(2)16-17(14(11)18)10-4-5-12-13(7-10)22-8-21-12/h4-7H,3,8H2,1-2H3. The zero-order chi connectivity index (χ0) is 15.7. The smallest absolute Gasteiger partial charge is 0.343 e. The Kier molecular flexibility index (Phi) is 3.54. The normalized spacial score (nSPS) is 12.3. The molecule has 0 bridgehead atoms. The third-order valence-electron chi connectivity index (χ3n) is 3.13. The van der Waals surface area contributed by atoms with Crippen LogP contribution in [0.3, 0.4) is 0 Å². The van der Waals surface area contributed by atoms with Crippen LogP contribution in [0, 0.1) is 6.92 Å². The van der Waals surface area contributed by atoms with Gasteiger partial charge in [-0.05, 0) is 32.0 Å². The van der Waals surface area contributed by atoms with E-state index in [1.54, 1.807) is 32.0 Å². The van der Waals surface area contributed by atoms with E-state index in [1.807, 2.05) is 0 Å². The van der Waals surface area contributed by atoms with Gasteiger partial charge in [-0.3, -0.25) is 4.79 Å². The van der Waals surface area contributed by atoms with Gasteiger partial charge < -0.3 is 14.2 Å². The number of fused-ring (bicyclic) bond motifs is 1. The fourth-order valence-corrected chi connectivity index (χ4v) is 2.16. The number of esters is 1. The van der Waals surface area contributed by atoms with Crippen molar-refractivity contribution in [3.63, 3.8) is 0 Å². The second-order valence-corrected chi connectivity index (χ2v) is 4.67. The quantitative estimate of drug-likeness (QED) is 0.798. The van der Waals surface area contributed by atoms with Gasteiger partial charge in [-0.1, -0.05) is 0 Å². The van der Waals surface area contributed by atoms with Gasteiger partial charge in [0.05, 0.1) is 18.0 Å². The molecule has 0 amide bonds. The summed E-state index contributed by atoms with van der Waals surface area (Å²) in [6.07, 6.45) is 0. The van der Waals surface area contributed by atoms with Gasteiger partial charge in [0.15, 0.2) is 11.5 Å². The highest BCUT2D eigenvalue weighted by Crippen LogP contribution is 2.33. The first-order valence-electron chi connectivity index (χ1n) is 6.78. The number of hydrogen-bond acceptors (Lipinski definition) is 6. The minimum absolute atomic E-state index is 0.0491. The van der Waals surface area contributed by atoms with Crippen molar-refractivity contribution in [3.05, 3.63) is 45.9 Å². The van der Waals surface area contributed by atoms with E-state index in [4.69, 9.17) is 14.2 Å². The Morgan fingerprint density at radius 1 is 1.32 bits per heavy atom. The molecule has 0 saturated carbocycles. The fraction of sp³-hybridized carbons (Fsp3) is 0.267. The van der Waals surface area contributed by atoms with E-state index in [-0.39, 0.29) is 19.0 Å². The van der Waals surface area contributed by atoms with Gasteiger partial charge in [0.25, 0.3) is 5.56 Å². The highest BCUT2D eigenvalue weighted by Gasteiger charge is 2.19. The second kappa shape index (κ2) is 5.51. The number of benzene rings is 1. The summed E-state index contributed by atoms with van der Waals surface area (Å²) in [6, 6.07) is 6.43. The summed E-state index contributed by atoms with van der Waals surface area (Å²) >= 11 is 0. The van der Waals surface area contributed by atoms with Crippen molar-refractivity contribution < 1.29 is 19.0 Å². The highest BCUT2D eigenvalue weighted by atomic mass is 16.7. The molecular weight excluding hydrogens is 288 g/mol. The number of ether oxygens (including phenoxy) is 3. The molecule has 0 fully saturated rings. The molecule has 0 unspecified atom stereocenters. The van der Waals surface area contributed by atoms with Crippen molar-refractivity contribution in [1.29, 1.82) is 0 Å². The summed E-state index contributed by atoms with van der Waals surface area (Å²) < 4.78 is 16.6. The van der Waals surface area contributed by atoms with Gasteiger partial charge in [-0.25, -0.2) is 4.79 Å². The number of aromatic nitrogens is 2. The van der Waals surface area contributed by atoms with Crippen molar-refractivity contribution in [2.75, 3.05) is 13.4 Å². The molecule has 0 N–H and O–H groups in total. The highest BCUT2D eigenvalue weighted by molar-refractivity contribution is 5.89. The maximum Gasteiger partial charge on any atom is 0.343 e. The molecule has 114 valence electrons. The summed E-state index contributed by atoms with van der Waals surface area (Å²) in [5.74, 6) is 0.480. The Morgan fingerprint density at radius 2 is 2.09 bits per heavy atom. The Balaban J connectivity index is 2.11. The maximum absolute atomic E-state index is 12.5. The van der Waals surface area contributed by atoms with Crippen LogP contribution in [0.5, 0.6) is 11.5 Å². The topological polar surface area (TPSA) is 79.7 Å². The van der Waals surface area contributed by atoms with Gasteiger partial charge >= 0.3 is 5.97 Å². The molecule has 1 aliphatic heterocycles. The van der Waals surface area contributed by atoms with Crippen LogP contribution in [-0.4, -0.2) is 29.1 Å². The molecule has 2 aromatic rings. The van der Waals surface area contributed by atoms with E-state index in [0.29, 0.717) is 22.9 Å². The number of carbonyl (C=O) groups is 1. The first kappa shape index (κ1) is 14.1. The first-order valence-corrected chi connectivity index (χ1v) is 6.78. The predicted octanol–water partition coefficient (Wildman–Crippen LogP) is 1.45. The van der Waals surface area contributed by atoms with E-state index in [9.17, 15) is 9.59 Å². The fourth-order valence-electron chi connectivity index (χ4n) is 2.16. The van der Waals surface area contributed by atoms with Crippen molar-refractivity contribution in [2.24, 2.45) is 0 Å². The summed E-state index contributed by atoms with van der Waals surface area (Å²) in [7, 11) is 0. The van der Waals surface area contributed by atoms with Gasteiger partial charge in [-0.15, -0.1) is 0 Å². The number of nitrogens with zero attached hydrogens (tertiary/aromatic N) is 2. The minimum Gasteiger partial charge on any atom is -0.462 e. The van der Waals surface area contributed by atoms with Crippen molar-refractivity contribution in [2.45, 2.75) is 13.8 Å². The van der Waals surface area contributed by atoms with Crippen molar-refractivity contribution in [3.8, 4) is 17.2 Å². The summed E-state index contributed by atoms with van der Waals surface area (Å²) in [5.41, 5.74) is 0.429. The maximum atomic E-state index is 12.5. The van der Waals surface area contributed by atoms with Crippen LogP contribution in [0.2, 0.25) is 0 Å². The Labute approximate surface area is 126 Å². The lowest BCUT2D eigenvalue weighted by Gasteiger charge is -2.09. The van der Waals surface area contributed by atoms with Crippen LogP contribution in [0.25, 0.3) is 5.69 Å². The molecule has 1 aromatic heterocycles. The number of aryl methyl sites for hydroxylation is 1. The zero-order valence-corrected chi connectivity index (χ0v) is 12.2. The molecule has 3 rings (SSSR count). The lowest BCUT2D eigenvalue weighted by molar-refractivity contribution is 0.0523. The van der Waals surface area contributed by atoms with E-state index < -0.39 is 11.5 Å². The van der Waals surface area contributed by atoms with Gasteiger partial charge in [0.1, 0.15) is 5.56 Å². The number of hydrogen-bond donors (Lipinski definition) is 0. The van der Waals surface area contributed by atoms with Gasteiger partial charge in [-0.2, -0.15) is 9.78 Å². The van der Waals surface area contributed by atoms with Crippen molar-refractivity contribution >= 4 is 5.97 Å². The largest absolute Gasteiger partial charge is 0.462 e. The van der Waals surface area contributed by atoms with Crippen LogP contribution in [0.4, 0.5) is 0 Å². The zero-order valence-electron chi connectivity index (χ0n) is 12.2. The third-order valence-corrected chi connectivity index (χ3v) is 3.13. The lowest BCUT2D eigenvalue weighted by Crippen LogP contribution is -2.28. The SMILES string of the molecule is CCOC(=O)c1cc(C)nn(-c2ccc3c(c2)OCO3)c1=O. The monoisotopic (exact) mass is 302 g/mol.